The van der Waals surface area contributed by atoms with Gasteiger partial charge in [-0.05, 0) is 42.3 Å². The van der Waals surface area contributed by atoms with E-state index >= 15 is 0 Å². The van der Waals surface area contributed by atoms with Crippen LogP contribution >= 0.6 is 11.6 Å². The van der Waals surface area contributed by atoms with Crippen molar-refractivity contribution >= 4 is 43.9 Å². The van der Waals surface area contributed by atoms with Crippen molar-refractivity contribution in [2.45, 2.75) is 24.7 Å². The van der Waals surface area contributed by atoms with Crippen molar-refractivity contribution in [2.24, 2.45) is 0 Å². The van der Waals surface area contributed by atoms with E-state index in [1.807, 2.05) is 12.1 Å². The van der Waals surface area contributed by atoms with E-state index in [1.54, 1.807) is 42.6 Å². The third-order valence-electron chi connectivity index (χ3n) is 5.28. The average Bonchev–Trinajstić information content (AvgIpc) is 3.19. The van der Waals surface area contributed by atoms with Crippen LogP contribution in [0.25, 0.3) is 10.9 Å². The first-order chi connectivity index (χ1) is 15.9. The first kappa shape index (κ1) is 22.9. The molecule has 1 N–H and O–H groups in total. The molecular weight excluding hydrogens is 462 g/mol. The molecule has 2 heterocycles. The highest BCUT2D eigenvalue weighted by Gasteiger charge is 2.22. The van der Waals surface area contributed by atoms with Gasteiger partial charge in [0.25, 0.3) is 10.0 Å². The van der Waals surface area contributed by atoms with Crippen molar-refractivity contribution < 1.29 is 17.9 Å². The van der Waals surface area contributed by atoms with Gasteiger partial charge in [-0.15, -0.1) is 0 Å². The fourth-order valence-electron chi connectivity index (χ4n) is 3.67. The number of hydrogen-bond acceptors (Lipinski definition) is 6. The molecule has 0 radical (unpaired) electrons. The lowest BCUT2D eigenvalue weighted by atomic mass is 10.1. The maximum atomic E-state index is 13.6. The lowest BCUT2D eigenvalue weighted by Crippen LogP contribution is -2.12. The van der Waals surface area contributed by atoms with Gasteiger partial charge >= 0.3 is 0 Å². The Kier molecular flexibility index (Phi) is 6.49. The Labute approximate surface area is 198 Å². The van der Waals surface area contributed by atoms with Gasteiger partial charge in [0.05, 0.1) is 30.3 Å². The number of aryl methyl sites for hydroxylation is 1. The first-order valence-electron chi connectivity index (χ1n) is 10.4. The number of methoxy groups -OCH3 is 2. The molecule has 33 heavy (non-hydrogen) atoms. The second kappa shape index (κ2) is 9.33. The van der Waals surface area contributed by atoms with E-state index in [2.05, 4.69) is 17.2 Å². The Morgan fingerprint density at radius 3 is 2.58 bits per heavy atom. The number of anilines is 2. The summed E-state index contributed by atoms with van der Waals surface area (Å²) in [4.78, 5) is 4.31. The predicted molar refractivity (Wildman–Crippen MR) is 131 cm³/mol. The van der Waals surface area contributed by atoms with Crippen LogP contribution < -0.4 is 14.8 Å². The van der Waals surface area contributed by atoms with Gasteiger partial charge in [-0.2, -0.15) is 4.98 Å². The van der Waals surface area contributed by atoms with Gasteiger partial charge in [0.2, 0.25) is 5.88 Å². The SMILES string of the molecule is CCCc1cn(S(=O)(=O)c2cccc(OC)c2)c2cc(Nc3ccc(OC)nc3Cl)ccc12. The Hall–Kier alpha value is -3.23. The van der Waals surface area contributed by atoms with Gasteiger partial charge in [-0.1, -0.05) is 37.1 Å². The van der Waals surface area contributed by atoms with Crippen LogP contribution in [0.1, 0.15) is 18.9 Å². The third-order valence-corrected chi connectivity index (χ3v) is 7.24. The molecule has 0 atom stereocenters. The molecule has 0 fully saturated rings. The van der Waals surface area contributed by atoms with Crippen LogP contribution in [0, 0.1) is 0 Å². The van der Waals surface area contributed by atoms with Crippen molar-refractivity contribution in [2.75, 3.05) is 19.5 Å². The molecule has 0 aliphatic heterocycles. The molecule has 0 unspecified atom stereocenters. The quantitative estimate of drug-likeness (QED) is 0.325. The van der Waals surface area contributed by atoms with Crippen LogP contribution in [0.3, 0.4) is 0 Å². The van der Waals surface area contributed by atoms with Gasteiger partial charge in [-0.3, -0.25) is 0 Å². The van der Waals surface area contributed by atoms with Crippen LogP contribution in [0.5, 0.6) is 11.6 Å². The maximum absolute atomic E-state index is 13.6. The number of rotatable bonds is 8. The largest absolute Gasteiger partial charge is 0.497 e. The van der Waals surface area contributed by atoms with E-state index in [1.165, 1.54) is 24.3 Å². The average molecular weight is 486 g/mol. The zero-order valence-electron chi connectivity index (χ0n) is 18.5. The Morgan fingerprint density at radius 1 is 1.06 bits per heavy atom. The van der Waals surface area contributed by atoms with Gasteiger partial charge in [0, 0.05) is 29.4 Å². The fourth-order valence-corrected chi connectivity index (χ4v) is 5.28. The van der Waals surface area contributed by atoms with E-state index in [-0.39, 0.29) is 10.0 Å². The minimum absolute atomic E-state index is 0.155. The molecule has 7 nitrogen and oxygen atoms in total. The van der Waals surface area contributed by atoms with Crippen LogP contribution in [-0.2, 0) is 16.4 Å². The first-order valence-corrected chi connectivity index (χ1v) is 12.2. The summed E-state index contributed by atoms with van der Waals surface area (Å²) in [5, 5.41) is 4.35. The topological polar surface area (TPSA) is 82.5 Å². The molecule has 0 bridgehead atoms. The van der Waals surface area contributed by atoms with Gasteiger partial charge < -0.3 is 14.8 Å². The summed E-state index contributed by atoms with van der Waals surface area (Å²) in [6.45, 7) is 2.06. The second-order valence-corrected chi connectivity index (χ2v) is 9.61. The molecule has 4 aromatic rings. The van der Waals surface area contributed by atoms with E-state index in [0.717, 1.165) is 23.8 Å². The van der Waals surface area contributed by atoms with Crippen LogP contribution in [0.4, 0.5) is 11.4 Å². The lowest BCUT2D eigenvalue weighted by molar-refractivity contribution is 0.398. The Bertz CT molecular complexity index is 1420. The van der Waals surface area contributed by atoms with Crippen LogP contribution in [0.2, 0.25) is 5.15 Å². The molecule has 4 rings (SSSR count). The number of pyridine rings is 1. The van der Waals surface area contributed by atoms with Crippen molar-refractivity contribution in [3.8, 4) is 11.6 Å². The number of benzene rings is 2. The summed E-state index contributed by atoms with van der Waals surface area (Å²) in [7, 11) is -0.823. The summed E-state index contributed by atoms with van der Waals surface area (Å²) in [6.07, 6.45) is 3.36. The highest BCUT2D eigenvalue weighted by molar-refractivity contribution is 7.90. The van der Waals surface area contributed by atoms with Gasteiger partial charge in [0.1, 0.15) is 5.75 Å². The van der Waals surface area contributed by atoms with E-state index in [0.29, 0.717) is 28.5 Å². The number of halogens is 1. The van der Waals surface area contributed by atoms with Crippen molar-refractivity contribution in [1.82, 2.24) is 8.96 Å². The summed E-state index contributed by atoms with van der Waals surface area (Å²) in [5.41, 5.74) is 2.80. The summed E-state index contributed by atoms with van der Waals surface area (Å²) in [6, 6.07) is 15.5. The molecule has 0 saturated carbocycles. The van der Waals surface area contributed by atoms with E-state index in [9.17, 15) is 8.42 Å². The van der Waals surface area contributed by atoms with E-state index in [4.69, 9.17) is 21.1 Å². The third kappa shape index (κ3) is 4.49. The number of aromatic nitrogens is 2. The molecule has 0 spiro atoms. The molecule has 0 aliphatic rings. The number of nitrogens with one attached hydrogen (secondary N) is 1. The summed E-state index contributed by atoms with van der Waals surface area (Å²) >= 11 is 6.27. The highest BCUT2D eigenvalue weighted by atomic mass is 35.5. The van der Waals surface area contributed by atoms with Gasteiger partial charge in [-0.25, -0.2) is 12.4 Å². The standard InChI is InChI=1S/C24H24ClN3O4S/c1-4-6-16-15-28(33(29,30)19-8-5-7-18(14-19)31-2)22-13-17(9-10-20(16)22)26-21-11-12-23(32-3)27-24(21)25/h5,7-15,26H,4,6H2,1-3H3. The molecule has 2 aromatic carbocycles. The van der Waals surface area contributed by atoms with Crippen molar-refractivity contribution in [3.05, 3.63) is 71.5 Å². The smallest absolute Gasteiger partial charge is 0.268 e. The normalized spacial score (nSPS) is 11.5. The Morgan fingerprint density at radius 2 is 1.88 bits per heavy atom. The number of nitrogens with zero attached hydrogens (tertiary/aromatic N) is 2. The zero-order chi connectivity index (χ0) is 23.6. The maximum Gasteiger partial charge on any atom is 0.268 e. The number of ether oxygens (including phenoxy) is 2. The lowest BCUT2D eigenvalue weighted by Gasteiger charge is -2.11. The molecule has 0 aliphatic carbocycles. The molecule has 2 aromatic heterocycles. The monoisotopic (exact) mass is 485 g/mol. The Balaban J connectivity index is 1.82. The minimum Gasteiger partial charge on any atom is -0.497 e. The van der Waals surface area contributed by atoms with Crippen molar-refractivity contribution in [1.29, 1.82) is 0 Å². The highest BCUT2D eigenvalue weighted by Crippen LogP contribution is 2.32. The molecular formula is C24H24ClN3O4S. The minimum atomic E-state index is -3.85. The predicted octanol–water partition coefficient (Wildman–Crippen LogP) is 5.64. The summed E-state index contributed by atoms with van der Waals surface area (Å²) < 4.78 is 38.8. The fraction of sp³-hybridized carbons (Fsp3) is 0.208. The van der Waals surface area contributed by atoms with Crippen molar-refractivity contribution in [3.63, 3.8) is 0 Å². The second-order valence-electron chi connectivity index (χ2n) is 7.43. The van der Waals surface area contributed by atoms with Gasteiger partial charge in [0.15, 0.2) is 5.15 Å². The van der Waals surface area contributed by atoms with Crippen LogP contribution in [0.15, 0.2) is 65.7 Å². The molecule has 0 saturated heterocycles. The molecule has 0 amide bonds. The molecule has 9 heteroatoms. The summed E-state index contributed by atoms with van der Waals surface area (Å²) in [5.74, 6) is 0.883. The number of fused-ring (bicyclic) bond motifs is 1. The van der Waals surface area contributed by atoms with E-state index < -0.39 is 10.0 Å². The van der Waals surface area contributed by atoms with Crippen LogP contribution in [-0.4, -0.2) is 31.6 Å². The zero-order valence-corrected chi connectivity index (χ0v) is 20.1. The number of hydrogen-bond donors (Lipinski definition) is 1. The molecule has 172 valence electrons.